The molecule has 1 N–H and O–H groups in total. The van der Waals surface area contributed by atoms with Crippen molar-refractivity contribution >= 4 is 0 Å². The highest BCUT2D eigenvalue weighted by Crippen LogP contribution is 2.57. The summed E-state index contributed by atoms with van der Waals surface area (Å²) in [6.07, 6.45) is 2.19. The molecule has 1 aromatic heterocycles. The lowest BCUT2D eigenvalue weighted by molar-refractivity contribution is 0.672. The fourth-order valence-electron chi connectivity index (χ4n) is 3.55. The number of hydrogen-bond acceptors (Lipinski definition) is 2. The molecule has 1 aromatic rings. The Morgan fingerprint density at radius 3 is 2.50 bits per heavy atom. The van der Waals surface area contributed by atoms with Gasteiger partial charge in [-0.25, -0.2) is 0 Å². The molecule has 16 heavy (non-hydrogen) atoms. The predicted molar refractivity (Wildman–Crippen MR) is 64.6 cm³/mol. The van der Waals surface area contributed by atoms with Crippen molar-refractivity contribution in [2.75, 3.05) is 13.1 Å². The van der Waals surface area contributed by atoms with Crippen LogP contribution in [0.25, 0.3) is 0 Å². The van der Waals surface area contributed by atoms with Gasteiger partial charge in [0.25, 0.3) is 0 Å². The Bertz CT molecular complexity index is 398. The zero-order chi connectivity index (χ0) is 11.3. The second kappa shape index (κ2) is 3.59. The molecule has 1 saturated carbocycles. The van der Waals surface area contributed by atoms with Gasteiger partial charge in [0, 0.05) is 18.3 Å². The average Bonchev–Trinajstić information content (AvgIpc) is 2.66. The van der Waals surface area contributed by atoms with Gasteiger partial charge in [0.05, 0.1) is 5.69 Å². The van der Waals surface area contributed by atoms with Gasteiger partial charge < -0.3 is 5.32 Å². The summed E-state index contributed by atoms with van der Waals surface area (Å²) in [5.41, 5.74) is 4.42. The number of fused-ring (bicyclic) bond motifs is 1. The second-order valence-corrected chi connectivity index (χ2v) is 5.15. The summed E-state index contributed by atoms with van der Waals surface area (Å²) in [5.74, 6) is 2.62. The molecule has 88 valence electrons. The van der Waals surface area contributed by atoms with E-state index in [0.29, 0.717) is 0 Å². The maximum absolute atomic E-state index is 4.68. The van der Waals surface area contributed by atoms with Crippen LogP contribution in [-0.2, 0) is 19.9 Å². The third-order valence-electron chi connectivity index (χ3n) is 4.38. The van der Waals surface area contributed by atoms with Crippen molar-refractivity contribution in [2.24, 2.45) is 18.9 Å². The molecule has 2 heterocycles. The van der Waals surface area contributed by atoms with Crippen molar-refractivity contribution in [2.45, 2.75) is 32.6 Å². The van der Waals surface area contributed by atoms with E-state index in [-0.39, 0.29) is 0 Å². The van der Waals surface area contributed by atoms with Gasteiger partial charge in [-0.1, -0.05) is 13.8 Å². The van der Waals surface area contributed by atoms with Gasteiger partial charge in [0.2, 0.25) is 0 Å². The molecule has 2 unspecified atom stereocenters. The summed E-state index contributed by atoms with van der Waals surface area (Å²) in [4.78, 5) is 0. The van der Waals surface area contributed by atoms with Crippen LogP contribution in [0.15, 0.2) is 0 Å². The van der Waals surface area contributed by atoms with Crippen molar-refractivity contribution in [3.05, 3.63) is 17.0 Å². The first-order valence-corrected chi connectivity index (χ1v) is 6.53. The minimum Gasteiger partial charge on any atom is -0.316 e. The van der Waals surface area contributed by atoms with Crippen LogP contribution in [-0.4, -0.2) is 22.9 Å². The summed E-state index contributed by atoms with van der Waals surface area (Å²) < 4.78 is 2.11. The summed E-state index contributed by atoms with van der Waals surface area (Å²) in [6, 6.07) is 0. The minimum atomic E-state index is 0.819. The third-order valence-corrected chi connectivity index (χ3v) is 4.38. The number of nitrogens with zero attached hydrogens (tertiary/aromatic N) is 2. The lowest BCUT2D eigenvalue weighted by Gasteiger charge is -2.07. The van der Waals surface area contributed by atoms with Crippen LogP contribution in [0.3, 0.4) is 0 Å². The first-order chi connectivity index (χ1) is 7.77. The van der Waals surface area contributed by atoms with Gasteiger partial charge in [-0.2, -0.15) is 5.10 Å². The number of aromatic nitrogens is 2. The van der Waals surface area contributed by atoms with E-state index in [0.717, 1.165) is 30.6 Å². The highest BCUT2D eigenvalue weighted by molar-refractivity contribution is 5.38. The molecular weight excluding hydrogens is 198 g/mol. The van der Waals surface area contributed by atoms with E-state index in [2.05, 4.69) is 36.0 Å². The molecule has 0 amide bonds. The van der Waals surface area contributed by atoms with Crippen molar-refractivity contribution in [1.29, 1.82) is 0 Å². The fraction of sp³-hybridized carbons (Fsp3) is 0.769. The lowest BCUT2D eigenvalue weighted by Crippen LogP contribution is -2.15. The molecule has 1 aliphatic heterocycles. The number of aryl methyl sites for hydroxylation is 2. The summed E-state index contributed by atoms with van der Waals surface area (Å²) >= 11 is 0. The summed E-state index contributed by atoms with van der Waals surface area (Å²) in [6.45, 7) is 6.91. The van der Waals surface area contributed by atoms with Gasteiger partial charge >= 0.3 is 0 Å². The average molecular weight is 219 g/mol. The molecule has 2 aliphatic rings. The van der Waals surface area contributed by atoms with Crippen LogP contribution < -0.4 is 5.32 Å². The molecule has 1 aliphatic carbocycles. The number of rotatable bonds is 3. The molecule has 2 atom stereocenters. The third kappa shape index (κ3) is 1.27. The van der Waals surface area contributed by atoms with Crippen LogP contribution >= 0.6 is 0 Å². The maximum Gasteiger partial charge on any atom is 0.0659 e. The van der Waals surface area contributed by atoms with Gasteiger partial charge in [-0.05, 0) is 43.7 Å². The number of nitrogens with one attached hydrogen (secondary N) is 1. The Morgan fingerprint density at radius 2 is 1.94 bits per heavy atom. The summed E-state index contributed by atoms with van der Waals surface area (Å²) in [7, 11) is 2.10. The van der Waals surface area contributed by atoms with E-state index in [1.54, 1.807) is 5.56 Å². The largest absolute Gasteiger partial charge is 0.316 e. The normalized spacial score (nSPS) is 31.8. The van der Waals surface area contributed by atoms with Crippen molar-refractivity contribution in [3.8, 4) is 0 Å². The Hall–Kier alpha value is -0.830. The van der Waals surface area contributed by atoms with Gasteiger partial charge in [-0.15, -0.1) is 0 Å². The van der Waals surface area contributed by atoms with Gasteiger partial charge in [0.1, 0.15) is 0 Å². The van der Waals surface area contributed by atoms with E-state index in [9.17, 15) is 0 Å². The lowest BCUT2D eigenvalue weighted by atomic mass is 10.0. The zero-order valence-electron chi connectivity index (χ0n) is 10.5. The van der Waals surface area contributed by atoms with Crippen LogP contribution in [0.5, 0.6) is 0 Å². The molecular formula is C13H21N3. The van der Waals surface area contributed by atoms with Crippen LogP contribution in [0.1, 0.15) is 36.7 Å². The van der Waals surface area contributed by atoms with Crippen LogP contribution in [0.2, 0.25) is 0 Å². The Morgan fingerprint density at radius 1 is 1.25 bits per heavy atom. The summed E-state index contributed by atoms with van der Waals surface area (Å²) in [5, 5.41) is 8.16. The molecule has 0 radical (unpaired) electrons. The molecule has 1 saturated heterocycles. The predicted octanol–water partition coefficient (Wildman–Crippen LogP) is 1.48. The van der Waals surface area contributed by atoms with E-state index in [4.69, 9.17) is 0 Å². The highest BCUT2D eigenvalue weighted by atomic mass is 15.3. The topological polar surface area (TPSA) is 29.9 Å². The maximum atomic E-state index is 4.68. The van der Waals surface area contributed by atoms with Gasteiger partial charge in [-0.3, -0.25) is 4.68 Å². The monoisotopic (exact) mass is 219 g/mol. The van der Waals surface area contributed by atoms with E-state index >= 15 is 0 Å². The molecule has 3 rings (SSSR count). The van der Waals surface area contributed by atoms with Crippen molar-refractivity contribution in [3.63, 3.8) is 0 Å². The molecule has 0 spiro atoms. The van der Waals surface area contributed by atoms with Gasteiger partial charge in [0.15, 0.2) is 0 Å². The minimum absolute atomic E-state index is 0.819. The Labute approximate surface area is 97.2 Å². The first kappa shape index (κ1) is 10.3. The highest BCUT2D eigenvalue weighted by Gasteiger charge is 2.55. The Kier molecular flexibility index (Phi) is 2.32. The molecule has 3 heteroatoms. The van der Waals surface area contributed by atoms with Crippen LogP contribution in [0.4, 0.5) is 0 Å². The fourth-order valence-corrected chi connectivity index (χ4v) is 3.55. The molecule has 0 bridgehead atoms. The quantitative estimate of drug-likeness (QED) is 0.834. The SMILES string of the molecule is CCc1nn(C)c(CC)c1C1C2CNCC21. The van der Waals surface area contributed by atoms with E-state index in [1.807, 2.05) is 0 Å². The molecule has 2 fully saturated rings. The van der Waals surface area contributed by atoms with Crippen LogP contribution in [0, 0.1) is 11.8 Å². The van der Waals surface area contributed by atoms with Crippen molar-refractivity contribution < 1.29 is 0 Å². The first-order valence-electron chi connectivity index (χ1n) is 6.53. The van der Waals surface area contributed by atoms with E-state index in [1.165, 1.54) is 24.5 Å². The Balaban J connectivity index is 1.99. The van der Waals surface area contributed by atoms with Crippen molar-refractivity contribution in [1.82, 2.24) is 15.1 Å². The number of hydrogen-bond donors (Lipinski definition) is 1. The molecule has 3 nitrogen and oxygen atoms in total. The second-order valence-electron chi connectivity index (χ2n) is 5.15. The number of piperidine rings is 1. The standard InChI is InChI=1S/C13H21N3/c1-4-10-13(11(5-2)16(3)15-10)12-8-6-14-7-9(8)12/h8-9,12,14H,4-7H2,1-3H3. The smallest absolute Gasteiger partial charge is 0.0659 e. The van der Waals surface area contributed by atoms with E-state index < -0.39 is 0 Å². The molecule has 0 aromatic carbocycles. The zero-order valence-corrected chi connectivity index (χ0v) is 10.5.